The lowest BCUT2D eigenvalue weighted by Gasteiger charge is -2.31. The lowest BCUT2D eigenvalue weighted by molar-refractivity contribution is -0.144. The van der Waals surface area contributed by atoms with E-state index in [1.807, 2.05) is 5.32 Å². The zero-order valence-corrected chi connectivity index (χ0v) is 30.4. The molecule has 8 amide bonds. The van der Waals surface area contributed by atoms with Crippen LogP contribution in [0.3, 0.4) is 0 Å². The van der Waals surface area contributed by atoms with Crippen LogP contribution in [-0.2, 0) is 47.9 Å². The van der Waals surface area contributed by atoms with E-state index >= 15 is 0 Å². The monoisotopic (exact) mass is 802 g/mol. The molecule has 0 aromatic rings. The Morgan fingerprint density at radius 1 is 0.804 bits per heavy atom. The molecule has 314 valence electrons. The number of carboxylic acid groups (broad SMARTS) is 2. The first-order chi connectivity index (χ1) is 26.2. The standard InChI is InChI=1S/C30H50N12O14/c1-13(44)23(28(54)42-7-3-5-18(42)27(53)37-11-21(47)39-17(12-43)29(55)56)41-26(52)15(4-2-6-35-30(33)34)38-20(46)10-36-25(51)16(9-19(32)45)40-24(50)14(31)8-22(48)49/h13-18,23,43-44H,2-12,31H2,1H3,(H2,32,45)(H,36,51)(H,37,53)(H,38,46)(H,39,47)(H,40,50)(H,41,52)(H,48,49)(H,55,56)(H4,33,34,35)/t13-,14+,15+,16+,17+,18+,23+/m1/s1. The summed E-state index contributed by atoms with van der Waals surface area (Å²) in [4.78, 5) is 128. The number of rotatable bonds is 24. The largest absolute Gasteiger partial charge is 0.481 e. The number of nitrogens with two attached hydrogens (primary N) is 4. The van der Waals surface area contributed by atoms with Crippen molar-refractivity contribution >= 4 is 65.2 Å². The van der Waals surface area contributed by atoms with Gasteiger partial charge >= 0.3 is 11.9 Å². The van der Waals surface area contributed by atoms with Crippen molar-refractivity contribution in [3.63, 3.8) is 0 Å². The number of nitrogens with one attached hydrogen (secondary N) is 6. The van der Waals surface area contributed by atoms with Crippen LogP contribution in [0, 0.1) is 0 Å². The van der Waals surface area contributed by atoms with Gasteiger partial charge in [0.05, 0.1) is 44.7 Å². The second-order valence-corrected chi connectivity index (χ2v) is 12.5. The maximum atomic E-state index is 13.6. The first-order valence-electron chi connectivity index (χ1n) is 17.1. The molecule has 0 unspecified atom stereocenters. The highest BCUT2D eigenvalue weighted by Gasteiger charge is 2.40. The van der Waals surface area contributed by atoms with Crippen molar-refractivity contribution < 1.29 is 68.4 Å². The molecule has 1 saturated heterocycles. The van der Waals surface area contributed by atoms with Crippen LogP contribution in [0.15, 0.2) is 4.99 Å². The molecule has 18 N–H and O–H groups in total. The summed E-state index contributed by atoms with van der Waals surface area (Å²) in [6, 6.07) is -9.12. The van der Waals surface area contributed by atoms with Gasteiger partial charge < -0.3 is 80.2 Å². The Morgan fingerprint density at radius 2 is 1.41 bits per heavy atom. The van der Waals surface area contributed by atoms with Gasteiger partial charge in [-0.3, -0.25) is 48.1 Å². The summed E-state index contributed by atoms with van der Waals surface area (Å²) in [5, 5.41) is 50.6. The van der Waals surface area contributed by atoms with Crippen LogP contribution in [0.5, 0.6) is 0 Å². The molecule has 0 aliphatic carbocycles. The molecule has 1 rings (SSSR count). The minimum atomic E-state index is -1.66. The molecule has 26 nitrogen and oxygen atoms in total. The predicted molar refractivity (Wildman–Crippen MR) is 189 cm³/mol. The van der Waals surface area contributed by atoms with Gasteiger partial charge in [-0.25, -0.2) is 4.79 Å². The first kappa shape index (κ1) is 47.9. The van der Waals surface area contributed by atoms with E-state index in [2.05, 4.69) is 31.6 Å². The quantitative estimate of drug-likeness (QED) is 0.0245. The molecule has 0 saturated carbocycles. The van der Waals surface area contributed by atoms with Crippen molar-refractivity contribution in [3.8, 4) is 0 Å². The summed E-state index contributed by atoms with van der Waals surface area (Å²) in [7, 11) is 0. The fourth-order valence-corrected chi connectivity index (χ4v) is 5.12. The van der Waals surface area contributed by atoms with E-state index in [1.165, 1.54) is 6.92 Å². The van der Waals surface area contributed by atoms with Gasteiger partial charge in [-0.1, -0.05) is 0 Å². The van der Waals surface area contributed by atoms with Crippen LogP contribution in [0.1, 0.15) is 45.4 Å². The molecule has 0 aromatic heterocycles. The van der Waals surface area contributed by atoms with Crippen LogP contribution in [-0.4, -0.2) is 166 Å². The summed E-state index contributed by atoms with van der Waals surface area (Å²) in [6.07, 6.45) is -2.72. The van der Waals surface area contributed by atoms with E-state index in [-0.39, 0.29) is 38.3 Å². The average molecular weight is 803 g/mol. The molecule has 56 heavy (non-hydrogen) atoms. The number of primary amides is 1. The van der Waals surface area contributed by atoms with Gasteiger partial charge in [0.2, 0.25) is 47.3 Å². The van der Waals surface area contributed by atoms with Gasteiger partial charge in [0.1, 0.15) is 30.2 Å². The molecule has 0 bridgehead atoms. The predicted octanol–water partition coefficient (Wildman–Crippen LogP) is -8.66. The topological polar surface area (TPSA) is 443 Å². The van der Waals surface area contributed by atoms with E-state index in [0.717, 1.165) is 4.90 Å². The lowest BCUT2D eigenvalue weighted by atomic mass is 10.1. The van der Waals surface area contributed by atoms with Crippen LogP contribution in [0.25, 0.3) is 0 Å². The number of hydrogen-bond donors (Lipinski definition) is 14. The summed E-state index contributed by atoms with van der Waals surface area (Å²) < 4.78 is 0. The maximum absolute atomic E-state index is 13.6. The molecule has 1 fully saturated rings. The van der Waals surface area contributed by atoms with Crippen molar-refractivity contribution in [2.24, 2.45) is 27.9 Å². The molecule has 0 radical (unpaired) electrons. The first-order valence-corrected chi connectivity index (χ1v) is 17.1. The fourth-order valence-electron chi connectivity index (χ4n) is 5.12. The Kier molecular flexibility index (Phi) is 20.2. The highest BCUT2D eigenvalue weighted by atomic mass is 16.4. The Balaban J connectivity index is 3.07. The molecular weight excluding hydrogens is 752 g/mol. The van der Waals surface area contributed by atoms with Crippen molar-refractivity contribution in [3.05, 3.63) is 0 Å². The van der Waals surface area contributed by atoms with Crippen molar-refractivity contribution in [2.45, 2.75) is 87.8 Å². The van der Waals surface area contributed by atoms with Gasteiger partial charge in [0.15, 0.2) is 5.96 Å². The number of nitrogens with zero attached hydrogens (tertiary/aromatic N) is 2. The van der Waals surface area contributed by atoms with Crippen molar-refractivity contribution in [1.29, 1.82) is 0 Å². The van der Waals surface area contributed by atoms with Crippen LogP contribution in [0.4, 0.5) is 0 Å². The zero-order valence-electron chi connectivity index (χ0n) is 30.4. The molecule has 0 aromatic carbocycles. The minimum absolute atomic E-state index is 0.00442. The highest BCUT2D eigenvalue weighted by Crippen LogP contribution is 2.19. The molecular formula is C30H50N12O14. The SMILES string of the molecule is C[C@@H](O)[C@H](NC(=O)[C@H](CCCN=C(N)N)NC(=O)CNC(=O)[C@H](CC(N)=O)NC(=O)[C@@H](N)CC(=O)O)C(=O)N1CCC[C@H]1C(=O)NCC(=O)N[C@@H](CO)C(=O)O. The number of aliphatic hydroxyl groups excluding tert-OH is 2. The number of guanidine groups is 1. The van der Waals surface area contributed by atoms with Gasteiger partial charge in [0, 0.05) is 13.1 Å². The number of aliphatic carboxylic acids is 2. The highest BCUT2D eigenvalue weighted by molar-refractivity contribution is 5.98. The van der Waals surface area contributed by atoms with E-state index in [4.69, 9.17) is 38.3 Å². The molecule has 1 heterocycles. The zero-order chi connectivity index (χ0) is 42.7. The Bertz CT molecular complexity index is 1510. The fraction of sp³-hybridized carbons (Fsp3) is 0.633. The van der Waals surface area contributed by atoms with Crippen molar-refractivity contribution in [1.82, 2.24) is 36.8 Å². The normalized spacial score (nSPS) is 16.6. The number of aliphatic hydroxyl groups is 2. The summed E-state index contributed by atoms with van der Waals surface area (Å²) >= 11 is 0. The number of aliphatic imine (C=N–C) groups is 1. The van der Waals surface area contributed by atoms with Crippen LogP contribution < -0.4 is 54.8 Å². The van der Waals surface area contributed by atoms with Crippen molar-refractivity contribution in [2.75, 3.05) is 32.8 Å². The average Bonchev–Trinajstić information content (AvgIpc) is 3.60. The van der Waals surface area contributed by atoms with Gasteiger partial charge in [-0.2, -0.15) is 0 Å². The third-order valence-corrected chi connectivity index (χ3v) is 7.91. The number of carbonyl (C=O) groups excluding carboxylic acids is 8. The Labute approximate surface area is 318 Å². The number of amides is 8. The number of carbonyl (C=O) groups is 10. The number of carboxylic acids is 2. The molecule has 0 spiro atoms. The maximum Gasteiger partial charge on any atom is 0.328 e. The minimum Gasteiger partial charge on any atom is -0.481 e. The van der Waals surface area contributed by atoms with E-state index in [1.54, 1.807) is 0 Å². The number of hydrogen-bond acceptors (Lipinski definition) is 14. The lowest BCUT2D eigenvalue weighted by Crippen LogP contribution is -2.60. The summed E-state index contributed by atoms with van der Waals surface area (Å²) in [5.41, 5.74) is 21.3. The Hall–Kier alpha value is -6.15. The molecule has 26 heteroatoms. The molecule has 1 aliphatic rings. The van der Waals surface area contributed by atoms with Gasteiger partial charge in [0.25, 0.3) is 0 Å². The van der Waals surface area contributed by atoms with Gasteiger partial charge in [-0.05, 0) is 32.6 Å². The van der Waals surface area contributed by atoms with E-state index in [9.17, 15) is 53.1 Å². The summed E-state index contributed by atoms with van der Waals surface area (Å²) in [5.74, 6) is -11.0. The second kappa shape index (κ2) is 23.6. The van der Waals surface area contributed by atoms with E-state index < -0.39 is 134 Å². The third kappa shape index (κ3) is 16.9. The summed E-state index contributed by atoms with van der Waals surface area (Å²) in [6.45, 7) is -1.25. The van der Waals surface area contributed by atoms with Gasteiger partial charge in [-0.15, -0.1) is 0 Å². The molecule has 1 aliphatic heterocycles. The van der Waals surface area contributed by atoms with Crippen LogP contribution >= 0.6 is 0 Å². The third-order valence-electron chi connectivity index (χ3n) is 7.91. The molecule has 7 atom stereocenters. The number of likely N-dealkylation sites (tertiary alicyclic amines) is 1. The van der Waals surface area contributed by atoms with E-state index in [0.29, 0.717) is 6.42 Å². The smallest absolute Gasteiger partial charge is 0.328 e. The second-order valence-electron chi connectivity index (χ2n) is 12.5. The Morgan fingerprint density at radius 3 is 1.95 bits per heavy atom. The van der Waals surface area contributed by atoms with Crippen LogP contribution in [0.2, 0.25) is 0 Å².